The SMILES string of the molecule is O=C(Nc1ccc(N2CCCCC2)cc1)c1ccc(=O)oc1. The molecule has 1 aromatic heterocycles. The van der Waals surface area contributed by atoms with Crippen LogP contribution >= 0.6 is 0 Å². The summed E-state index contributed by atoms with van der Waals surface area (Å²) in [6.07, 6.45) is 4.94. The fraction of sp³-hybridized carbons (Fsp3) is 0.294. The molecule has 1 aliphatic heterocycles. The maximum absolute atomic E-state index is 12.0. The minimum absolute atomic E-state index is 0.297. The second kappa shape index (κ2) is 6.47. The van der Waals surface area contributed by atoms with Crippen LogP contribution in [0.15, 0.2) is 51.9 Å². The summed E-state index contributed by atoms with van der Waals surface area (Å²) in [4.78, 5) is 25.3. The van der Waals surface area contributed by atoms with E-state index in [1.54, 1.807) is 0 Å². The molecule has 3 rings (SSSR count). The van der Waals surface area contributed by atoms with Crippen molar-refractivity contribution in [3.63, 3.8) is 0 Å². The fourth-order valence-corrected chi connectivity index (χ4v) is 2.60. The van der Waals surface area contributed by atoms with Crippen LogP contribution in [0.2, 0.25) is 0 Å². The van der Waals surface area contributed by atoms with Crippen LogP contribution in [0.1, 0.15) is 29.6 Å². The van der Waals surface area contributed by atoms with Gasteiger partial charge in [-0.25, -0.2) is 4.79 Å². The molecule has 1 aliphatic rings. The number of rotatable bonds is 3. The van der Waals surface area contributed by atoms with Gasteiger partial charge in [-0.15, -0.1) is 0 Å². The van der Waals surface area contributed by atoms with Crippen molar-refractivity contribution in [1.82, 2.24) is 0 Å². The lowest BCUT2D eigenvalue weighted by atomic mass is 10.1. The van der Waals surface area contributed by atoms with E-state index < -0.39 is 5.63 Å². The van der Waals surface area contributed by atoms with E-state index in [4.69, 9.17) is 4.42 Å². The lowest BCUT2D eigenvalue weighted by molar-refractivity contribution is 0.102. The normalized spacial score (nSPS) is 14.6. The number of carbonyl (C=O) groups excluding carboxylic acids is 1. The van der Waals surface area contributed by atoms with Crippen LogP contribution in [-0.4, -0.2) is 19.0 Å². The summed E-state index contributed by atoms with van der Waals surface area (Å²) in [5.74, 6) is -0.297. The number of anilines is 2. The molecule has 1 fully saturated rings. The van der Waals surface area contributed by atoms with Gasteiger partial charge >= 0.3 is 5.63 Å². The molecule has 22 heavy (non-hydrogen) atoms. The molecule has 0 radical (unpaired) electrons. The molecule has 1 N–H and O–H groups in total. The van der Waals surface area contributed by atoms with Gasteiger partial charge in [0.1, 0.15) is 6.26 Å². The van der Waals surface area contributed by atoms with Crippen molar-refractivity contribution in [1.29, 1.82) is 0 Å². The summed E-state index contributed by atoms with van der Waals surface area (Å²) in [5.41, 5.74) is 1.75. The molecule has 0 atom stereocenters. The molecule has 114 valence electrons. The number of piperidine rings is 1. The Bertz CT molecular complexity index is 680. The van der Waals surface area contributed by atoms with E-state index in [2.05, 4.69) is 10.2 Å². The first-order valence-electron chi connectivity index (χ1n) is 7.47. The van der Waals surface area contributed by atoms with E-state index >= 15 is 0 Å². The first-order chi connectivity index (χ1) is 10.7. The summed E-state index contributed by atoms with van der Waals surface area (Å²) in [6.45, 7) is 2.18. The number of carbonyl (C=O) groups is 1. The molecule has 1 amide bonds. The van der Waals surface area contributed by atoms with Crippen molar-refractivity contribution < 1.29 is 9.21 Å². The number of benzene rings is 1. The van der Waals surface area contributed by atoms with E-state index in [1.165, 1.54) is 43.3 Å². The molecule has 5 heteroatoms. The Morgan fingerprint density at radius 1 is 1.00 bits per heavy atom. The Labute approximate surface area is 128 Å². The van der Waals surface area contributed by atoms with Crippen LogP contribution in [0.3, 0.4) is 0 Å². The molecule has 5 nitrogen and oxygen atoms in total. The second-order valence-electron chi connectivity index (χ2n) is 5.39. The number of hydrogen-bond donors (Lipinski definition) is 1. The average Bonchev–Trinajstić information content (AvgIpc) is 2.57. The number of nitrogens with zero attached hydrogens (tertiary/aromatic N) is 1. The number of nitrogens with one attached hydrogen (secondary N) is 1. The van der Waals surface area contributed by atoms with Crippen LogP contribution in [-0.2, 0) is 0 Å². The van der Waals surface area contributed by atoms with E-state index in [1.807, 2.05) is 24.3 Å². The molecule has 0 spiro atoms. The lowest BCUT2D eigenvalue weighted by Crippen LogP contribution is -2.29. The van der Waals surface area contributed by atoms with Gasteiger partial charge in [-0.3, -0.25) is 4.79 Å². The van der Waals surface area contributed by atoms with Crippen molar-refractivity contribution in [3.8, 4) is 0 Å². The lowest BCUT2D eigenvalue weighted by Gasteiger charge is -2.28. The molecule has 1 aromatic carbocycles. The molecule has 0 bridgehead atoms. The third-order valence-corrected chi connectivity index (χ3v) is 3.81. The zero-order valence-corrected chi connectivity index (χ0v) is 12.2. The van der Waals surface area contributed by atoms with Crippen molar-refractivity contribution >= 4 is 17.3 Å². The summed E-state index contributed by atoms with van der Waals surface area (Å²) >= 11 is 0. The van der Waals surface area contributed by atoms with Gasteiger partial charge in [0.15, 0.2) is 0 Å². The highest BCUT2D eigenvalue weighted by atomic mass is 16.4. The predicted molar refractivity (Wildman–Crippen MR) is 85.4 cm³/mol. The molecule has 2 aromatic rings. The third-order valence-electron chi connectivity index (χ3n) is 3.81. The summed E-state index contributed by atoms with van der Waals surface area (Å²) in [7, 11) is 0. The monoisotopic (exact) mass is 298 g/mol. The van der Waals surface area contributed by atoms with Gasteiger partial charge in [0, 0.05) is 30.5 Å². The smallest absolute Gasteiger partial charge is 0.335 e. The highest BCUT2D eigenvalue weighted by molar-refractivity contribution is 6.03. The summed E-state index contributed by atoms with van der Waals surface area (Å²) < 4.78 is 4.69. The van der Waals surface area contributed by atoms with Gasteiger partial charge < -0.3 is 14.6 Å². The Kier molecular flexibility index (Phi) is 4.23. The summed E-state index contributed by atoms with van der Waals surface area (Å²) in [6, 6.07) is 10.5. The van der Waals surface area contributed by atoms with E-state index in [-0.39, 0.29) is 5.91 Å². The highest BCUT2D eigenvalue weighted by Crippen LogP contribution is 2.22. The third kappa shape index (κ3) is 3.36. The van der Waals surface area contributed by atoms with Gasteiger partial charge in [0.05, 0.1) is 5.56 Å². The Hall–Kier alpha value is -2.56. The Balaban J connectivity index is 1.66. The molecule has 2 heterocycles. The highest BCUT2D eigenvalue weighted by Gasteiger charge is 2.11. The maximum atomic E-state index is 12.0. The minimum Gasteiger partial charge on any atom is -0.430 e. The fourth-order valence-electron chi connectivity index (χ4n) is 2.60. The largest absolute Gasteiger partial charge is 0.430 e. The van der Waals surface area contributed by atoms with Crippen LogP contribution in [0, 0.1) is 0 Å². The van der Waals surface area contributed by atoms with Crippen molar-refractivity contribution in [2.24, 2.45) is 0 Å². The van der Waals surface area contributed by atoms with Gasteiger partial charge in [-0.05, 0) is 49.6 Å². The zero-order valence-electron chi connectivity index (χ0n) is 12.2. The minimum atomic E-state index is -0.470. The first-order valence-corrected chi connectivity index (χ1v) is 7.47. The number of hydrogen-bond acceptors (Lipinski definition) is 4. The van der Waals surface area contributed by atoms with Crippen molar-refractivity contribution in [2.45, 2.75) is 19.3 Å². The van der Waals surface area contributed by atoms with Crippen molar-refractivity contribution in [3.05, 3.63) is 58.6 Å². The predicted octanol–water partition coefficient (Wildman–Crippen LogP) is 2.88. The Morgan fingerprint density at radius 2 is 1.73 bits per heavy atom. The molecule has 0 saturated carbocycles. The molecular weight excluding hydrogens is 280 g/mol. The van der Waals surface area contributed by atoms with Crippen molar-refractivity contribution in [2.75, 3.05) is 23.3 Å². The average molecular weight is 298 g/mol. The van der Waals surface area contributed by atoms with E-state index in [9.17, 15) is 9.59 Å². The quantitative estimate of drug-likeness (QED) is 0.946. The molecular formula is C17H18N2O3. The standard InChI is InChI=1S/C17H18N2O3/c20-16-9-4-13(12-22-16)17(21)18-14-5-7-15(8-6-14)19-10-2-1-3-11-19/h4-9,12H,1-3,10-11H2,(H,18,21). The van der Waals surface area contributed by atoms with Crippen LogP contribution in [0.5, 0.6) is 0 Å². The van der Waals surface area contributed by atoms with Crippen LogP contribution < -0.4 is 15.8 Å². The Morgan fingerprint density at radius 3 is 2.36 bits per heavy atom. The maximum Gasteiger partial charge on any atom is 0.335 e. The first kappa shape index (κ1) is 14.4. The van der Waals surface area contributed by atoms with E-state index in [0.29, 0.717) is 5.56 Å². The molecule has 0 unspecified atom stereocenters. The van der Waals surface area contributed by atoms with E-state index in [0.717, 1.165) is 18.8 Å². The van der Waals surface area contributed by atoms with Gasteiger partial charge in [0.2, 0.25) is 0 Å². The van der Waals surface area contributed by atoms with Crippen LogP contribution in [0.4, 0.5) is 11.4 Å². The van der Waals surface area contributed by atoms with Crippen LogP contribution in [0.25, 0.3) is 0 Å². The summed E-state index contributed by atoms with van der Waals surface area (Å²) in [5, 5.41) is 2.79. The number of amides is 1. The topological polar surface area (TPSA) is 62.6 Å². The van der Waals surface area contributed by atoms with Gasteiger partial charge in [0.25, 0.3) is 5.91 Å². The molecule has 0 aliphatic carbocycles. The zero-order chi connectivity index (χ0) is 15.4. The van der Waals surface area contributed by atoms with Gasteiger partial charge in [-0.2, -0.15) is 0 Å². The molecule has 1 saturated heterocycles. The van der Waals surface area contributed by atoms with Gasteiger partial charge in [-0.1, -0.05) is 0 Å². The second-order valence-corrected chi connectivity index (χ2v) is 5.39.